The van der Waals surface area contributed by atoms with Gasteiger partial charge in [0.2, 0.25) is 5.90 Å². The van der Waals surface area contributed by atoms with Gasteiger partial charge < -0.3 is 9.15 Å². The average Bonchev–Trinajstić information content (AvgIpc) is 2.98. The van der Waals surface area contributed by atoms with E-state index in [1.807, 2.05) is 0 Å². The van der Waals surface area contributed by atoms with Crippen LogP contribution in [0.5, 0.6) is 0 Å². The number of benzene rings is 1. The molecule has 4 nitrogen and oxygen atoms in total. The first-order chi connectivity index (χ1) is 9.61. The smallest absolute Gasteiger partial charge is 0.363 e. The van der Waals surface area contributed by atoms with Crippen LogP contribution in [-0.2, 0) is 9.53 Å². The van der Waals surface area contributed by atoms with Crippen molar-refractivity contribution < 1.29 is 13.9 Å². The van der Waals surface area contributed by atoms with Crippen LogP contribution in [0.15, 0.2) is 56.2 Å². The Morgan fingerprint density at radius 1 is 1.15 bits per heavy atom. The fourth-order valence-corrected chi connectivity index (χ4v) is 2.11. The third kappa shape index (κ3) is 2.69. The molecule has 0 aliphatic carbocycles. The second kappa shape index (κ2) is 5.26. The van der Waals surface area contributed by atoms with Gasteiger partial charge in [-0.2, -0.15) is 0 Å². The van der Waals surface area contributed by atoms with Crippen LogP contribution in [0.2, 0.25) is 5.02 Å². The van der Waals surface area contributed by atoms with Crippen molar-refractivity contribution >= 4 is 45.5 Å². The fourth-order valence-electron chi connectivity index (χ4n) is 1.67. The van der Waals surface area contributed by atoms with E-state index >= 15 is 0 Å². The van der Waals surface area contributed by atoms with Crippen molar-refractivity contribution in [1.29, 1.82) is 0 Å². The van der Waals surface area contributed by atoms with E-state index < -0.39 is 5.97 Å². The fraction of sp³-hybridized carbons (Fsp3) is 0. The number of carbonyl (C=O) groups is 1. The molecule has 3 rings (SSSR count). The Morgan fingerprint density at radius 3 is 2.55 bits per heavy atom. The van der Waals surface area contributed by atoms with Crippen LogP contribution in [0.3, 0.4) is 0 Å². The highest BCUT2D eigenvalue weighted by Gasteiger charge is 2.24. The highest BCUT2D eigenvalue weighted by molar-refractivity contribution is 9.10. The molecule has 0 saturated heterocycles. The van der Waals surface area contributed by atoms with Crippen molar-refractivity contribution in [2.24, 2.45) is 4.99 Å². The van der Waals surface area contributed by atoms with Crippen LogP contribution >= 0.6 is 27.5 Å². The quantitative estimate of drug-likeness (QED) is 0.605. The Bertz CT molecular complexity index is 731. The van der Waals surface area contributed by atoms with E-state index in [1.54, 1.807) is 36.4 Å². The normalized spacial score (nSPS) is 16.4. The van der Waals surface area contributed by atoms with Crippen molar-refractivity contribution in [3.63, 3.8) is 0 Å². The van der Waals surface area contributed by atoms with Gasteiger partial charge in [0.05, 0.1) is 0 Å². The first kappa shape index (κ1) is 13.1. The molecule has 0 fully saturated rings. The summed E-state index contributed by atoms with van der Waals surface area (Å²) in [5.41, 5.74) is 0.878. The van der Waals surface area contributed by atoms with Gasteiger partial charge in [0.25, 0.3) is 0 Å². The van der Waals surface area contributed by atoms with E-state index in [4.69, 9.17) is 20.8 Å². The van der Waals surface area contributed by atoms with Crippen molar-refractivity contribution in [3.05, 3.63) is 63.1 Å². The third-order valence-corrected chi connectivity index (χ3v) is 3.26. The third-order valence-electron chi connectivity index (χ3n) is 2.58. The molecule has 0 N–H and O–H groups in total. The summed E-state index contributed by atoms with van der Waals surface area (Å²) in [4.78, 5) is 15.9. The predicted molar refractivity (Wildman–Crippen MR) is 78.5 cm³/mol. The Labute approximate surface area is 127 Å². The lowest BCUT2D eigenvalue weighted by molar-refractivity contribution is -0.129. The number of rotatable bonds is 2. The summed E-state index contributed by atoms with van der Waals surface area (Å²) in [5.74, 6) is 0.260. The molecule has 1 aromatic heterocycles. The summed E-state index contributed by atoms with van der Waals surface area (Å²) in [6.45, 7) is 0. The van der Waals surface area contributed by atoms with Crippen LogP contribution in [0.1, 0.15) is 11.3 Å². The minimum atomic E-state index is -0.512. The van der Waals surface area contributed by atoms with Gasteiger partial charge in [-0.05, 0) is 52.3 Å². The van der Waals surface area contributed by atoms with Crippen molar-refractivity contribution in [1.82, 2.24) is 0 Å². The molecule has 0 amide bonds. The van der Waals surface area contributed by atoms with E-state index in [0.717, 1.165) is 0 Å². The minimum Gasteiger partial charge on any atom is -0.450 e. The standard InChI is InChI=1S/C14H7BrClNO3/c15-12-6-5-10(19-12)7-11-14(18)20-13(17-11)8-1-3-9(16)4-2-8/h1-7H. The van der Waals surface area contributed by atoms with Gasteiger partial charge in [-0.3, -0.25) is 0 Å². The molecule has 0 unspecified atom stereocenters. The Balaban J connectivity index is 1.92. The lowest BCUT2D eigenvalue weighted by atomic mass is 10.2. The zero-order valence-electron chi connectivity index (χ0n) is 9.97. The predicted octanol–water partition coefficient (Wildman–Crippen LogP) is 4.04. The number of cyclic esters (lactones) is 1. The number of hydrogen-bond donors (Lipinski definition) is 0. The van der Waals surface area contributed by atoms with Crippen molar-refractivity contribution in [3.8, 4) is 0 Å². The number of aliphatic imine (C=N–C) groups is 1. The minimum absolute atomic E-state index is 0.191. The van der Waals surface area contributed by atoms with E-state index in [-0.39, 0.29) is 11.6 Å². The number of carbonyl (C=O) groups excluding carboxylic acids is 1. The number of hydrogen-bond acceptors (Lipinski definition) is 4. The zero-order valence-corrected chi connectivity index (χ0v) is 12.3. The van der Waals surface area contributed by atoms with E-state index in [9.17, 15) is 4.79 Å². The van der Waals surface area contributed by atoms with Gasteiger partial charge in [0, 0.05) is 16.7 Å². The number of esters is 1. The number of nitrogens with zero attached hydrogens (tertiary/aromatic N) is 1. The molecular weight excluding hydrogens is 346 g/mol. The maximum atomic E-state index is 11.8. The lowest BCUT2D eigenvalue weighted by Crippen LogP contribution is -2.04. The second-order valence-corrected chi connectivity index (χ2v) is 5.20. The summed E-state index contributed by atoms with van der Waals surface area (Å²) >= 11 is 9.00. The summed E-state index contributed by atoms with van der Waals surface area (Å²) < 4.78 is 11.0. The highest BCUT2D eigenvalue weighted by Crippen LogP contribution is 2.22. The molecule has 1 aliphatic heterocycles. The van der Waals surface area contributed by atoms with E-state index in [0.29, 0.717) is 21.0 Å². The van der Waals surface area contributed by atoms with Crippen LogP contribution in [0, 0.1) is 0 Å². The molecule has 6 heteroatoms. The van der Waals surface area contributed by atoms with Crippen LogP contribution in [0.25, 0.3) is 6.08 Å². The van der Waals surface area contributed by atoms with E-state index in [2.05, 4.69) is 20.9 Å². The molecule has 0 bridgehead atoms. The van der Waals surface area contributed by atoms with Gasteiger partial charge >= 0.3 is 5.97 Å². The van der Waals surface area contributed by atoms with Gasteiger partial charge in [0.15, 0.2) is 10.4 Å². The first-order valence-electron chi connectivity index (χ1n) is 5.66. The molecule has 1 aliphatic rings. The van der Waals surface area contributed by atoms with Crippen molar-refractivity contribution in [2.75, 3.05) is 0 Å². The second-order valence-electron chi connectivity index (χ2n) is 3.98. The number of halogens is 2. The van der Waals surface area contributed by atoms with Crippen LogP contribution in [-0.4, -0.2) is 11.9 Å². The molecular formula is C14H7BrClNO3. The van der Waals surface area contributed by atoms with E-state index in [1.165, 1.54) is 6.08 Å². The SMILES string of the molecule is O=C1OC(c2ccc(Cl)cc2)=NC1=Cc1ccc(Br)o1. The summed E-state index contributed by atoms with van der Waals surface area (Å²) in [6.07, 6.45) is 1.52. The topological polar surface area (TPSA) is 51.8 Å². The molecule has 0 atom stereocenters. The molecule has 0 radical (unpaired) electrons. The summed E-state index contributed by atoms with van der Waals surface area (Å²) in [6, 6.07) is 10.3. The lowest BCUT2D eigenvalue weighted by Gasteiger charge is -1.98. The molecule has 2 heterocycles. The monoisotopic (exact) mass is 351 g/mol. The maximum Gasteiger partial charge on any atom is 0.363 e. The molecule has 100 valence electrons. The van der Waals surface area contributed by atoms with Gasteiger partial charge in [-0.1, -0.05) is 11.6 Å². The first-order valence-corrected chi connectivity index (χ1v) is 6.83. The number of ether oxygens (including phenoxy) is 1. The molecule has 1 aromatic carbocycles. The Kier molecular flexibility index (Phi) is 3.46. The Hall–Kier alpha value is -1.85. The molecule has 0 saturated carbocycles. The maximum absolute atomic E-state index is 11.8. The van der Waals surface area contributed by atoms with Crippen LogP contribution < -0.4 is 0 Å². The van der Waals surface area contributed by atoms with Crippen LogP contribution in [0.4, 0.5) is 0 Å². The number of furan rings is 1. The summed E-state index contributed by atoms with van der Waals surface area (Å²) in [5, 5.41) is 0.606. The average molecular weight is 353 g/mol. The largest absolute Gasteiger partial charge is 0.450 e. The van der Waals surface area contributed by atoms with Gasteiger partial charge in [-0.25, -0.2) is 9.79 Å². The molecule has 0 spiro atoms. The molecule has 2 aromatic rings. The zero-order chi connectivity index (χ0) is 14.1. The van der Waals surface area contributed by atoms with Gasteiger partial charge in [0.1, 0.15) is 5.76 Å². The highest BCUT2D eigenvalue weighted by atomic mass is 79.9. The van der Waals surface area contributed by atoms with Gasteiger partial charge in [-0.15, -0.1) is 0 Å². The van der Waals surface area contributed by atoms with Crippen molar-refractivity contribution in [2.45, 2.75) is 0 Å². The summed E-state index contributed by atoms with van der Waals surface area (Å²) in [7, 11) is 0. The Morgan fingerprint density at radius 2 is 1.90 bits per heavy atom. The molecule has 20 heavy (non-hydrogen) atoms.